The molecule has 0 aromatic heterocycles. The Hall–Kier alpha value is -1.82. The van der Waals surface area contributed by atoms with Gasteiger partial charge >= 0.3 is 0 Å². The van der Waals surface area contributed by atoms with Gasteiger partial charge in [0.05, 0.1) is 6.07 Å². The molecule has 1 amide bonds. The molecule has 1 saturated heterocycles. The lowest BCUT2D eigenvalue weighted by Crippen LogP contribution is -2.44. The van der Waals surface area contributed by atoms with Crippen LogP contribution in [0.4, 0.5) is 0 Å². The summed E-state index contributed by atoms with van der Waals surface area (Å²) < 4.78 is 0. The van der Waals surface area contributed by atoms with E-state index in [1.807, 2.05) is 39.0 Å². The van der Waals surface area contributed by atoms with Crippen LogP contribution in [0.2, 0.25) is 0 Å². The second-order valence-corrected chi connectivity index (χ2v) is 5.42. The van der Waals surface area contributed by atoms with Crippen molar-refractivity contribution in [3.05, 3.63) is 36.0 Å². The van der Waals surface area contributed by atoms with Crippen molar-refractivity contribution in [1.29, 1.82) is 5.26 Å². The van der Waals surface area contributed by atoms with Crippen molar-refractivity contribution >= 4 is 5.91 Å². The Kier molecular flexibility index (Phi) is 2.46. The SMILES string of the molecule is CC(C)(C)N1CC2=CC=CC=CC2(C#N)C1=O. The molecule has 0 spiro atoms. The summed E-state index contributed by atoms with van der Waals surface area (Å²) in [6.07, 6.45) is 9.09. The number of carbonyl (C=O) groups is 1. The third kappa shape index (κ3) is 1.61. The molecule has 0 bridgehead atoms. The van der Waals surface area contributed by atoms with Crippen LogP contribution in [0.1, 0.15) is 20.8 Å². The Bertz CT molecular complexity index is 485. The first-order valence-electron chi connectivity index (χ1n) is 5.71. The van der Waals surface area contributed by atoms with E-state index in [4.69, 9.17) is 0 Å². The van der Waals surface area contributed by atoms with Gasteiger partial charge in [0.1, 0.15) is 0 Å². The van der Waals surface area contributed by atoms with Crippen molar-refractivity contribution in [3.8, 4) is 6.07 Å². The van der Waals surface area contributed by atoms with Gasteiger partial charge in [0.15, 0.2) is 5.41 Å². The quantitative estimate of drug-likeness (QED) is 0.638. The zero-order valence-electron chi connectivity index (χ0n) is 10.4. The van der Waals surface area contributed by atoms with Crippen LogP contribution in [0.15, 0.2) is 36.0 Å². The van der Waals surface area contributed by atoms with E-state index in [1.54, 1.807) is 17.1 Å². The Balaban J connectivity index is 2.54. The van der Waals surface area contributed by atoms with Crippen molar-refractivity contribution in [3.63, 3.8) is 0 Å². The average Bonchev–Trinajstić information content (AvgIpc) is 2.44. The summed E-state index contributed by atoms with van der Waals surface area (Å²) in [7, 11) is 0. The average molecular weight is 228 g/mol. The fraction of sp³-hybridized carbons (Fsp3) is 0.429. The van der Waals surface area contributed by atoms with Crippen LogP contribution in [0.5, 0.6) is 0 Å². The van der Waals surface area contributed by atoms with E-state index in [1.165, 1.54) is 0 Å². The largest absolute Gasteiger partial charge is 0.332 e. The molecule has 0 saturated carbocycles. The summed E-state index contributed by atoms with van der Waals surface area (Å²) in [6.45, 7) is 6.49. The maximum atomic E-state index is 12.5. The number of rotatable bonds is 0. The number of nitriles is 1. The van der Waals surface area contributed by atoms with Crippen LogP contribution in [0, 0.1) is 16.7 Å². The number of amides is 1. The summed E-state index contributed by atoms with van der Waals surface area (Å²) >= 11 is 0. The summed E-state index contributed by atoms with van der Waals surface area (Å²) in [6, 6.07) is 2.18. The van der Waals surface area contributed by atoms with Gasteiger partial charge < -0.3 is 4.90 Å². The predicted molar refractivity (Wildman–Crippen MR) is 65.9 cm³/mol. The molecule has 3 heteroatoms. The second kappa shape index (κ2) is 3.59. The van der Waals surface area contributed by atoms with Crippen molar-refractivity contribution in [2.75, 3.05) is 6.54 Å². The molecule has 1 atom stereocenters. The smallest absolute Gasteiger partial charge is 0.252 e. The van der Waals surface area contributed by atoms with Crippen molar-refractivity contribution < 1.29 is 4.79 Å². The molecule has 1 fully saturated rings. The monoisotopic (exact) mass is 228 g/mol. The third-order valence-electron chi connectivity index (χ3n) is 3.27. The van der Waals surface area contributed by atoms with Crippen LogP contribution in [-0.4, -0.2) is 22.9 Å². The van der Waals surface area contributed by atoms with E-state index >= 15 is 0 Å². The van der Waals surface area contributed by atoms with Crippen molar-refractivity contribution in [2.45, 2.75) is 26.3 Å². The molecule has 0 radical (unpaired) electrons. The number of fused-ring (bicyclic) bond motifs is 1. The van der Waals surface area contributed by atoms with Gasteiger partial charge in [-0.15, -0.1) is 0 Å². The number of hydrogen-bond acceptors (Lipinski definition) is 2. The number of nitrogens with zero attached hydrogens (tertiary/aromatic N) is 2. The fourth-order valence-electron chi connectivity index (χ4n) is 2.21. The van der Waals surface area contributed by atoms with Gasteiger partial charge in [-0.3, -0.25) is 4.79 Å². The number of allylic oxidation sites excluding steroid dienone is 4. The molecule has 2 aliphatic rings. The second-order valence-electron chi connectivity index (χ2n) is 5.42. The molecule has 2 rings (SSSR count). The minimum Gasteiger partial charge on any atom is -0.332 e. The lowest BCUT2D eigenvalue weighted by atomic mass is 9.83. The molecule has 17 heavy (non-hydrogen) atoms. The minimum atomic E-state index is -1.09. The molecule has 3 nitrogen and oxygen atoms in total. The fourth-order valence-corrected chi connectivity index (χ4v) is 2.21. The summed E-state index contributed by atoms with van der Waals surface area (Å²) in [4.78, 5) is 14.2. The summed E-state index contributed by atoms with van der Waals surface area (Å²) in [5.41, 5.74) is -0.479. The van der Waals surface area contributed by atoms with E-state index in [2.05, 4.69) is 6.07 Å². The maximum Gasteiger partial charge on any atom is 0.252 e. The van der Waals surface area contributed by atoms with Gasteiger partial charge in [-0.1, -0.05) is 30.4 Å². The van der Waals surface area contributed by atoms with E-state index in [-0.39, 0.29) is 11.4 Å². The van der Waals surface area contributed by atoms with Gasteiger partial charge in [0.2, 0.25) is 0 Å². The molecule has 0 aromatic carbocycles. The summed E-state index contributed by atoms with van der Waals surface area (Å²) in [5.74, 6) is -0.112. The highest BCUT2D eigenvalue weighted by Crippen LogP contribution is 2.41. The van der Waals surface area contributed by atoms with Gasteiger partial charge in [0, 0.05) is 12.1 Å². The number of carbonyl (C=O) groups excluding carboxylic acids is 1. The Morgan fingerprint density at radius 3 is 2.65 bits per heavy atom. The van der Waals surface area contributed by atoms with Gasteiger partial charge in [-0.2, -0.15) is 5.26 Å². The molecule has 1 aliphatic heterocycles. The first-order valence-corrected chi connectivity index (χ1v) is 5.71. The van der Waals surface area contributed by atoms with E-state index < -0.39 is 5.41 Å². The molecule has 88 valence electrons. The van der Waals surface area contributed by atoms with Crippen LogP contribution < -0.4 is 0 Å². The lowest BCUT2D eigenvalue weighted by molar-refractivity contribution is -0.135. The predicted octanol–water partition coefficient (Wildman–Crippen LogP) is 2.19. The summed E-state index contributed by atoms with van der Waals surface area (Å²) in [5, 5.41) is 9.41. The topological polar surface area (TPSA) is 44.1 Å². The highest BCUT2D eigenvalue weighted by Gasteiger charge is 2.52. The van der Waals surface area contributed by atoms with Crippen LogP contribution in [-0.2, 0) is 4.79 Å². The zero-order chi connectivity index (χ0) is 12.7. The number of likely N-dealkylation sites (tertiary alicyclic amines) is 1. The van der Waals surface area contributed by atoms with Crippen LogP contribution in [0.3, 0.4) is 0 Å². The third-order valence-corrected chi connectivity index (χ3v) is 3.27. The Labute approximate surface area is 102 Å². The number of hydrogen-bond donors (Lipinski definition) is 0. The maximum absolute atomic E-state index is 12.5. The normalized spacial score (nSPS) is 27.5. The molecule has 0 N–H and O–H groups in total. The van der Waals surface area contributed by atoms with Gasteiger partial charge in [-0.05, 0) is 26.3 Å². The van der Waals surface area contributed by atoms with E-state index in [0.717, 1.165) is 5.57 Å². The van der Waals surface area contributed by atoms with Gasteiger partial charge in [-0.25, -0.2) is 0 Å². The molecule has 1 unspecified atom stereocenters. The Morgan fingerprint density at radius 2 is 2.06 bits per heavy atom. The van der Waals surface area contributed by atoms with Crippen molar-refractivity contribution in [1.82, 2.24) is 4.90 Å². The van der Waals surface area contributed by atoms with Crippen molar-refractivity contribution in [2.24, 2.45) is 5.41 Å². The standard InChI is InChI=1S/C14H16N2O/c1-13(2,3)16-9-11-7-5-4-6-8-14(11,10-15)12(16)17/h4-8H,9H2,1-3H3. The van der Waals surface area contributed by atoms with Crippen LogP contribution >= 0.6 is 0 Å². The van der Waals surface area contributed by atoms with Gasteiger partial charge in [0.25, 0.3) is 5.91 Å². The molecule has 1 heterocycles. The molecule has 0 aromatic rings. The lowest BCUT2D eigenvalue weighted by Gasteiger charge is -2.32. The molecular formula is C14H16N2O. The first-order chi connectivity index (χ1) is 7.92. The minimum absolute atomic E-state index is 0.112. The highest BCUT2D eigenvalue weighted by molar-refractivity contribution is 5.95. The zero-order valence-corrected chi connectivity index (χ0v) is 10.4. The van der Waals surface area contributed by atoms with Crippen LogP contribution in [0.25, 0.3) is 0 Å². The van der Waals surface area contributed by atoms with E-state index in [0.29, 0.717) is 6.54 Å². The molecular weight excluding hydrogens is 212 g/mol. The first kappa shape index (κ1) is 11.7. The molecule has 1 aliphatic carbocycles. The Morgan fingerprint density at radius 1 is 1.35 bits per heavy atom. The van der Waals surface area contributed by atoms with E-state index in [9.17, 15) is 10.1 Å². The highest BCUT2D eigenvalue weighted by atomic mass is 16.2.